The maximum atomic E-state index is 13.6. The fourth-order valence-corrected chi connectivity index (χ4v) is 5.02. The van der Waals surface area contributed by atoms with Crippen molar-refractivity contribution in [2.45, 2.75) is 13.0 Å². The van der Waals surface area contributed by atoms with E-state index in [0.29, 0.717) is 43.4 Å². The molecule has 1 atom stereocenters. The predicted molar refractivity (Wildman–Crippen MR) is 128 cm³/mol. The molecular formula is C25H23FN2O6S. The molecule has 0 saturated carbocycles. The summed E-state index contributed by atoms with van der Waals surface area (Å²) in [4.78, 5) is 31.4. The Hall–Kier alpha value is -3.92. The van der Waals surface area contributed by atoms with E-state index in [1.54, 1.807) is 37.3 Å². The van der Waals surface area contributed by atoms with E-state index in [4.69, 9.17) is 18.9 Å². The molecule has 2 heterocycles. The van der Waals surface area contributed by atoms with Gasteiger partial charge in [-0.1, -0.05) is 23.5 Å². The Morgan fingerprint density at radius 1 is 1.06 bits per heavy atom. The van der Waals surface area contributed by atoms with Gasteiger partial charge >= 0.3 is 5.97 Å². The van der Waals surface area contributed by atoms with Crippen LogP contribution in [0.1, 0.15) is 24.1 Å². The SMILES string of the molecule is COC(=O)C1=C(C)N=c2sc(=Cc3ccc(F)cc3)c(=O)n2C1c1cc(OC)c(OC)c(OC)c1. The highest BCUT2D eigenvalue weighted by Gasteiger charge is 2.34. The molecule has 0 aliphatic carbocycles. The van der Waals surface area contributed by atoms with Gasteiger partial charge in [0.1, 0.15) is 5.82 Å². The summed E-state index contributed by atoms with van der Waals surface area (Å²) in [5.41, 5.74) is 1.48. The first-order chi connectivity index (χ1) is 16.8. The first kappa shape index (κ1) is 24.2. The third-order valence-corrected chi connectivity index (χ3v) is 6.58. The first-order valence-corrected chi connectivity index (χ1v) is 11.3. The van der Waals surface area contributed by atoms with Crippen molar-refractivity contribution in [3.8, 4) is 17.2 Å². The molecule has 1 aromatic heterocycles. The van der Waals surface area contributed by atoms with E-state index >= 15 is 0 Å². The number of carbonyl (C=O) groups is 1. The van der Waals surface area contributed by atoms with Crippen molar-refractivity contribution in [2.24, 2.45) is 4.99 Å². The highest BCUT2D eigenvalue weighted by Crippen LogP contribution is 2.42. The lowest BCUT2D eigenvalue weighted by Crippen LogP contribution is -2.39. The number of ether oxygens (including phenoxy) is 4. The molecule has 0 radical (unpaired) electrons. The van der Waals surface area contributed by atoms with Gasteiger partial charge in [-0.3, -0.25) is 9.36 Å². The van der Waals surface area contributed by atoms with Gasteiger partial charge in [0.2, 0.25) is 5.75 Å². The van der Waals surface area contributed by atoms with Gasteiger partial charge in [-0.05, 0) is 48.4 Å². The van der Waals surface area contributed by atoms with Crippen LogP contribution < -0.4 is 29.1 Å². The molecule has 0 amide bonds. The van der Waals surface area contributed by atoms with Crippen LogP contribution in [0.4, 0.5) is 4.39 Å². The average molecular weight is 499 g/mol. The number of methoxy groups -OCH3 is 4. The van der Waals surface area contributed by atoms with Gasteiger partial charge < -0.3 is 18.9 Å². The van der Waals surface area contributed by atoms with Crippen molar-refractivity contribution in [1.82, 2.24) is 4.57 Å². The largest absolute Gasteiger partial charge is 0.493 e. The number of fused-ring (bicyclic) bond motifs is 1. The number of benzene rings is 2. The number of hydrogen-bond acceptors (Lipinski definition) is 8. The number of allylic oxidation sites excluding steroid dienone is 1. The molecule has 8 nitrogen and oxygen atoms in total. The molecule has 1 unspecified atom stereocenters. The summed E-state index contributed by atoms with van der Waals surface area (Å²) in [6, 6.07) is 8.31. The molecule has 0 bridgehead atoms. The van der Waals surface area contributed by atoms with E-state index in [1.165, 1.54) is 56.5 Å². The van der Waals surface area contributed by atoms with Gasteiger partial charge in [-0.15, -0.1) is 0 Å². The molecular weight excluding hydrogens is 475 g/mol. The van der Waals surface area contributed by atoms with Gasteiger partial charge in [-0.25, -0.2) is 14.2 Å². The van der Waals surface area contributed by atoms with Crippen molar-refractivity contribution in [3.63, 3.8) is 0 Å². The number of aromatic nitrogens is 1. The lowest BCUT2D eigenvalue weighted by Gasteiger charge is -2.25. The van der Waals surface area contributed by atoms with E-state index in [9.17, 15) is 14.0 Å². The van der Waals surface area contributed by atoms with Crippen LogP contribution >= 0.6 is 11.3 Å². The van der Waals surface area contributed by atoms with Crippen molar-refractivity contribution < 1.29 is 28.1 Å². The maximum Gasteiger partial charge on any atom is 0.338 e. The predicted octanol–water partition coefficient (Wildman–Crippen LogP) is 2.57. The zero-order chi connectivity index (χ0) is 25.3. The molecule has 1 aliphatic rings. The Balaban J connectivity index is 2.01. The van der Waals surface area contributed by atoms with Gasteiger partial charge in [-0.2, -0.15) is 0 Å². The van der Waals surface area contributed by atoms with E-state index in [0.717, 1.165) is 0 Å². The lowest BCUT2D eigenvalue weighted by atomic mass is 9.95. The van der Waals surface area contributed by atoms with Crippen LogP contribution in [0.5, 0.6) is 17.2 Å². The van der Waals surface area contributed by atoms with Crippen LogP contribution in [0.2, 0.25) is 0 Å². The van der Waals surface area contributed by atoms with Crippen LogP contribution in [0.25, 0.3) is 6.08 Å². The zero-order valence-corrected chi connectivity index (χ0v) is 20.6. The molecule has 0 spiro atoms. The Labute approximate surface area is 204 Å². The van der Waals surface area contributed by atoms with Crippen molar-refractivity contribution in [1.29, 1.82) is 0 Å². The summed E-state index contributed by atoms with van der Waals surface area (Å²) in [5.74, 6) is 0.133. The van der Waals surface area contributed by atoms with E-state index < -0.39 is 12.0 Å². The standard InChI is InChI=1S/C25H23FN2O6S/c1-13-20(24(30)34-5)21(15-11-17(31-2)22(33-4)18(12-15)32-3)28-23(29)19(35-25(28)27-13)10-14-6-8-16(26)9-7-14/h6-12,21H,1-5H3. The van der Waals surface area contributed by atoms with Gasteiger partial charge in [0.15, 0.2) is 16.3 Å². The van der Waals surface area contributed by atoms with Crippen LogP contribution in [0.15, 0.2) is 57.5 Å². The van der Waals surface area contributed by atoms with Crippen molar-refractivity contribution >= 4 is 23.4 Å². The fraction of sp³-hybridized carbons (Fsp3) is 0.240. The second-order valence-corrected chi connectivity index (χ2v) is 8.59. The minimum absolute atomic E-state index is 0.211. The topological polar surface area (TPSA) is 88.4 Å². The molecule has 1 aliphatic heterocycles. The third kappa shape index (κ3) is 4.32. The molecule has 35 heavy (non-hydrogen) atoms. The summed E-state index contributed by atoms with van der Waals surface area (Å²) in [6.45, 7) is 1.69. The summed E-state index contributed by atoms with van der Waals surface area (Å²) in [5, 5.41) is 0. The maximum absolute atomic E-state index is 13.6. The Bertz CT molecular complexity index is 1480. The first-order valence-electron chi connectivity index (χ1n) is 10.5. The lowest BCUT2D eigenvalue weighted by molar-refractivity contribution is -0.136. The number of nitrogens with zero attached hydrogens (tertiary/aromatic N) is 2. The molecule has 0 saturated heterocycles. The number of carbonyl (C=O) groups excluding carboxylic acids is 1. The highest BCUT2D eigenvalue weighted by molar-refractivity contribution is 7.07. The number of thiazole rings is 1. The van der Waals surface area contributed by atoms with Crippen molar-refractivity contribution in [2.75, 3.05) is 28.4 Å². The second kappa shape index (κ2) is 9.75. The summed E-state index contributed by atoms with van der Waals surface area (Å²) in [7, 11) is 5.73. The minimum Gasteiger partial charge on any atom is -0.493 e. The van der Waals surface area contributed by atoms with E-state index in [2.05, 4.69) is 4.99 Å². The third-order valence-electron chi connectivity index (χ3n) is 5.60. The van der Waals surface area contributed by atoms with Gasteiger partial charge in [0, 0.05) is 0 Å². The fourth-order valence-electron chi connectivity index (χ4n) is 3.98. The molecule has 182 valence electrons. The summed E-state index contributed by atoms with van der Waals surface area (Å²) in [6.07, 6.45) is 1.66. The summed E-state index contributed by atoms with van der Waals surface area (Å²) >= 11 is 1.17. The average Bonchev–Trinajstić information content (AvgIpc) is 3.17. The van der Waals surface area contributed by atoms with Crippen LogP contribution in [0.3, 0.4) is 0 Å². The Morgan fingerprint density at radius 2 is 1.69 bits per heavy atom. The van der Waals surface area contributed by atoms with Crippen LogP contribution in [-0.4, -0.2) is 39.0 Å². The van der Waals surface area contributed by atoms with Crippen LogP contribution in [0, 0.1) is 5.82 Å². The van der Waals surface area contributed by atoms with Crippen molar-refractivity contribution in [3.05, 3.63) is 84.3 Å². The Kier molecular flexibility index (Phi) is 6.74. The normalized spacial score (nSPS) is 15.4. The smallest absolute Gasteiger partial charge is 0.338 e. The molecule has 0 N–H and O–H groups in total. The molecule has 4 rings (SSSR count). The molecule has 0 fully saturated rings. The Morgan fingerprint density at radius 3 is 2.23 bits per heavy atom. The molecule has 10 heteroatoms. The van der Waals surface area contributed by atoms with E-state index in [1.807, 2.05) is 0 Å². The quantitative estimate of drug-likeness (QED) is 0.486. The second-order valence-electron chi connectivity index (χ2n) is 7.58. The number of rotatable bonds is 6. The molecule has 3 aromatic rings. The number of hydrogen-bond donors (Lipinski definition) is 0. The van der Waals surface area contributed by atoms with Gasteiger partial charge in [0.25, 0.3) is 5.56 Å². The van der Waals surface area contributed by atoms with E-state index in [-0.39, 0.29) is 16.9 Å². The van der Waals surface area contributed by atoms with Crippen LogP contribution in [-0.2, 0) is 9.53 Å². The molecule has 2 aromatic carbocycles. The highest BCUT2D eigenvalue weighted by atomic mass is 32.1. The zero-order valence-electron chi connectivity index (χ0n) is 19.7. The van der Waals surface area contributed by atoms with Gasteiger partial charge in [0.05, 0.1) is 50.3 Å². The minimum atomic E-state index is -0.859. The summed E-state index contributed by atoms with van der Waals surface area (Å²) < 4.78 is 36.6. The number of esters is 1. The number of halogens is 1. The monoisotopic (exact) mass is 498 g/mol.